The van der Waals surface area contributed by atoms with Gasteiger partial charge in [-0.05, 0) is 42.2 Å². The Hall–Kier alpha value is -2.33. The minimum Gasteiger partial charge on any atom is -0.388 e. The zero-order chi connectivity index (χ0) is 17.1. The molecule has 1 amide bonds. The number of carbonyl (C=O) groups is 1. The molecule has 2 aromatic rings. The van der Waals surface area contributed by atoms with Crippen LogP contribution in [0.15, 0.2) is 48.5 Å². The molecular weight excluding hydrogens is 300 g/mol. The van der Waals surface area contributed by atoms with E-state index in [1.807, 2.05) is 25.2 Å². The van der Waals surface area contributed by atoms with Crippen LogP contribution in [0.25, 0.3) is 0 Å². The van der Waals surface area contributed by atoms with Crippen LogP contribution in [0.2, 0.25) is 0 Å². The molecule has 2 aromatic carbocycles. The van der Waals surface area contributed by atoms with Crippen molar-refractivity contribution in [1.82, 2.24) is 4.90 Å². The summed E-state index contributed by atoms with van der Waals surface area (Å²) in [7, 11) is 1.92. The minimum absolute atomic E-state index is 0.0459. The van der Waals surface area contributed by atoms with Gasteiger partial charge in [-0.1, -0.05) is 36.4 Å². The molecule has 0 spiro atoms. The summed E-state index contributed by atoms with van der Waals surface area (Å²) in [5.41, 5.74) is 4.56. The number of ether oxygens (including phenoxy) is 1. The van der Waals surface area contributed by atoms with Crippen LogP contribution in [0.5, 0.6) is 0 Å². The van der Waals surface area contributed by atoms with Crippen LogP contribution in [0.1, 0.15) is 36.6 Å². The monoisotopic (exact) mass is 324 g/mol. The maximum absolute atomic E-state index is 12.0. The van der Waals surface area contributed by atoms with Crippen molar-refractivity contribution >= 4 is 11.6 Å². The van der Waals surface area contributed by atoms with E-state index in [2.05, 4.69) is 42.6 Å². The molecule has 0 saturated carbocycles. The van der Waals surface area contributed by atoms with Crippen molar-refractivity contribution < 1.29 is 9.53 Å². The summed E-state index contributed by atoms with van der Waals surface area (Å²) in [6, 6.07) is 16.7. The van der Waals surface area contributed by atoms with Crippen molar-refractivity contribution in [3.05, 3.63) is 65.2 Å². The molecule has 1 heterocycles. The second-order valence-electron chi connectivity index (χ2n) is 6.29. The van der Waals surface area contributed by atoms with Gasteiger partial charge in [0.15, 0.2) is 0 Å². The molecule has 4 heteroatoms. The quantitative estimate of drug-likeness (QED) is 0.918. The molecule has 1 aliphatic heterocycles. The highest BCUT2D eigenvalue weighted by Crippen LogP contribution is 2.33. The van der Waals surface area contributed by atoms with E-state index in [9.17, 15) is 4.79 Å². The summed E-state index contributed by atoms with van der Waals surface area (Å²) in [4.78, 5) is 13.8. The van der Waals surface area contributed by atoms with E-state index in [1.165, 1.54) is 11.1 Å². The van der Waals surface area contributed by atoms with E-state index < -0.39 is 0 Å². The zero-order valence-corrected chi connectivity index (χ0v) is 14.5. The van der Waals surface area contributed by atoms with E-state index in [1.54, 1.807) is 11.8 Å². The molecule has 1 N–H and O–H groups in total. The fraction of sp³-hybridized carbons (Fsp3) is 0.350. The van der Waals surface area contributed by atoms with Crippen LogP contribution in [0, 0.1) is 0 Å². The maximum Gasteiger partial charge on any atom is 0.221 e. The standard InChI is InChI=1S/C20H24N2O2/c1-14-11-17-9-10-18(21-3)12-19(17)20(16-7-5-4-6-8-16)24-13-22(14)15(2)23/h4-10,12,14,20-21H,11,13H2,1-3H3. The molecule has 126 valence electrons. The van der Waals surface area contributed by atoms with Gasteiger partial charge in [-0.3, -0.25) is 4.79 Å². The highest BCUT2D eigenvalue weighted by Gasteiger charge is 2.27. The smallest absolute Gasteiger partial charge is 0.221 e. The number of benzene rings is 2. The summed E-state index contributed by atoms with van der Waals surface area (Å²) in [6.07, 6.45) is 0.648. The van der Waals surface area contributed by atoms with Crippen molar-refractivity contribution in [3.63, 3.8) is 0 Å². The van der Waals surface area contributed by atoms with E-state index in [0.29, 0.717) is 6.73 Å². The number of amides is 1. The van der Waals surface area contributed by atoms with Gasteiger partial charge in [-0.2, -0.15) is 0 Å². The topological polar surface area (TPSA) is 41.6 Å². The third-order valence-corrected chi connectivity index (χ3v) is 4.65. The highest BCUT2D eigenvalue weighted by molar-refractivity contribution is 5.73. The Morgan fingerprint density at radius 1 is 1.21 bits per heavy atom. The lowest BCUT2D eigenvalue weighted by Gasteiger charge is -2.34. The molecule has 1 aliphatic rings. The number of nitrogens with one attached hydrogen (secondary N) is 1. The number of rotatable bonds is 2. The highest BCUT2D eigenvalue weighted by atomic mass is 16.5. The average molecular weight is 324 g/mol. The Labute approximate surface area is 143 Å². The first-order valence-corrected chi connectivity index (χ1v) is 8.34. The van der Waals surface area contributed by atoms with Crippen molar-refractivity contribution in [1.29, 1.82) is 0 Å². The van der Waals surface area contributed by atoms with Crippen LogP contribution in [-0.4, -0.2) is 30.6 Å². The molecule has 0 fully saturated rings. The van der Waals surface area contributed by atoms with Crippen molar-refractivity contribution in [2.24, 2.45) is 0 Å². The van der Waals surface area contributed by atoms with Crippen LogP contribution < -0.4 is 5.32 Å². The molecular formula is C20H24N2O2. The maximum atomic E-state index is 12.0. The van der Waals surface area contributed by atoms with Gasteiger partial charge in [0, 0.05) is 25.7 Å². The fourth-order valence-corrected chi connectivity index (χ4v) is 3.29. The average Bonchev–Trinajstić information content (AvgIpc) is 2.58. The third kappa shape index (κ3) is 3.29. The van der Waals surface area contributed by atoms with Crippen molar-refractivity contribution in [3.8, 4) is 0 Å². The minimum atomic E-state index is -0.177. The molecule has 0 saturated heterocycles. The van der Waals surface area contributed by atoms with E-state index in [0.717, 1.165) is 17.7 Å². The van der Waals surface area contributed by atoms with Gasteiger partial charge in [0.05, 0.1) is 0 Å². The van der Waals surface area contributed by atoms with Gasteiger partial charge in [0.25, 0.3) is 0 Å². The van der Waals surface area contributed by atoms with Gasteiger partial charge in [0.1, 0.15) is 12.8 Å². The van der Waals surface area contributed by atoms with Gasteiger partial charge in [-0.15, -0.1) is 0 Å². The second-order valence-corrected chi connectivity index (χ2v) is 6.29. The van der Waals surface area contributed by atoms with Crippen LogP contribution >= 0.6 is 0 Å². The van der Waals surface area contributed by atoms with Gasteiger partial charge >= 0.3 is 0 Å². The molecule has 0 aromatic heterocycles. The first-order valence-electron chi connectivity index (χ1n) is 8.34. The van der Waals surface area contributed by atoms with E-state index in [4.69, 9.17) is 4.74 Å². The number of hydrogen-bond donors (Lipinski definition) is 1. The van der Waals surface area contributed by atoms with Crippen molar-refractivity contribution in [2.75, 3.05) is 19.1 Å². The Bertz CT molecular complexity index is 715. The molecule has 24 heavy (non-hydrogen) atoms. The molecule has 4 nitrogen and oxygen atoms in total. The molecule has 0 aliphatic carbocycles. The predicted molar refractivity (Wildman–Crippen MR) is 95.9 cm³/mol. The molecule has 3 rings (SSSR count). The first-order chi connectivity index (χ1) is 11.6. The van der Waals surface area contributed by atoms with Crippen LogP contribution in [0.4, 0.5) is 5.69 Å². The van der Waals surface area contributed by atoms with E-state index in [-0.39, 0.29) is 18.1 Å². The number of fused-ring (bicyclic) bond motifs is 1. The SMILES string of the molecule is CNc1ccc2c(c1)C(c1ccccc1)OCN(C(C)=O)C(C)C2. The molecule has 0 radical (unpaired) electrons. The van der Waals surface area contributed by atoms with E-state index >= 15 is 0 Å². The zero-order valence-electron chi connectivity index (χ0n) is 14.5. The number of hydrogen-bond acceptors (Lipinski definition) is 3. The predicted octanol–water partition coefficient (Wildman–Crippen LogP) is 3.58. The third-order valence-electron chi connectivity index (χ3n) is 4.65. The normalized spacial score (nSPS) is 20.7. The first kappa shape index (κ1) is 16.5. The summed E-state index contributed by atoms with van der Waals surface area (Å²) in [6.45, 7) is 3.98. The lowest BCUT2D eigenvalue weighted by molar-refractivity contribution is -0.139. The van der Waals surface area contributed by atoms with Crippen LogP contribution in [0.3, 0.4) is 0 Å². The fourth-order valence-electron chi connectivity index (χ4n) is 3.29. The Kier molecular flexibility index (Phi) is 4.86. The lowest BCUT2D eigenvalue weighted by Crippen LogP contribution is -2.42. The molecule has 0 bridgehead atoms. The number of nitrogens with zero attached hydrogens (tertiary/aromatic N) is 1. The van der Waals surface area contributed by atoms with Gasteiger partial charge < -0.3 is 15.0 Å². The Balaban J connectivity index is 2.08. The molecule has 2 unspecified atom stereocenters. The van der Waals surface area contributed by atoms with Crippen molar-refractivity contribution in [2.45, 2.75) is 32.4 Å². The number of carbonyl (C=O) groups excluding carboxylic acids is 1. The van der Waals surface area contributed by atoms with Gasteiger partial charge in [-0.25, -0.2) is 0 Å². The summed E-state index contributed by atoms with van der Waals surface area (Å²) >= 11 is 0. The summed E-state index contributed by atoms with van der Waals surface area (Å²) < 4.78 is 6.22. The Morgan fingerprint density at radius 2 is 1.96 bits per heavy atom. The summed E-state index contributed by atoms with van der Waals surface area (Å²) in [5.74, 6) is 0.0459. The molecule has 2 atom stereocenters. The van der Waals surface area contributed by atoms with Gasteiger partial charge in [0.2, 0.25) is 5.91 Å². The lowest BCUT2D eigenvalue weighted by atomic mass is 9.92. The summed E-state index contributed by atoms with van der Waals surface area (Å²) in [5, 5.41) is 3.20. The van der Waals surface area contributed by atoms with Crippen LogP contribution in [-0.2, 0) is 16.0 Å². The Morgan fingerprint density at radius 3 is 2.62 bits per heavy atom. The second kappa shape index (κ2) is 7.05. The number of anilines is 1. The largest absolute Gasteiger partial charge is 0.388 e.